The minimum atomic E-state index is -1.04. The van der Waals surface area contributed by atoms with Gasteiger partial charge in [-0.05, 0) is 36.1 Å². The molecule has 0 bridgehead atoms. The monoisotopic (exact) mass is 279 g/mol. The highest BCUT2D eigenvalue weighted by atomic mass is 35.5. The summed E-state index contributed by atoms with van der Waals surface area (Å²) in [6.07, 6.45) is 3.42. The summed E-state index contributed by atoms with van der Waals surface area (Å²) in [5, 5.41) is 11.8. The van der Waals surface area contributed by atoms with E-state index < -0.39 is 5.97 Å². The topological polar surface area (TPSA) is 66.4 Å². The number of carbonyl (C=O) groups excluding carboxylic acids is 1. The maximum absolute atomic E-state index is 11.9. The highest BCUT2D eigenvalue weighted by Crippen LogP contribution is 2.29. The molecule has 100 valence electrons. The molecule has 1 aromatic carbocycles. The van der Waals surface area contributed by atoms with E-state index in [9.17, 15) is 9.59 Å². The molecule has 0 spiro atoms. The molecular formula is C14H14ClNO3. The molecule has 4 nitrogen and oxygen atoms in total. The summed E-state index contributed by atoms with van der Waals surface area (Å²) in [5.74, 6) is -0.650. The summed E-state index contributed by atoms with van der Waals surface area (Å²) in [7, 11) is 0. The van der Waals surface area contributed by atoms with Gasteiger partial charge < -0.3 is 10.4 Å². The lowest BCUT2D eigenvalue weighted by atomic mass is 10.1. The van der Waals surface area contributed by atoms with Gasteiger partial charge in [0.1, 0.15) is 0 Å². The molecule has 0 aromatic heterocycles. The minimum Gasteiger partial charge on any atom is -0.478 e. The standard InChI is InChI=1S/C14H14ClNO3/c1-8-6-12(8)16-14(19)10-3-2-9(11(15)7-10)4-5-13(17)18/h2-5,7-8,12H,6H2,1H3,(H,16,19)(H,17,18)/b5-4+. The van der Waals surface area contributed by atoms with Crippen molar-refractivity contribution in [1.82, 2.24) is 5.32 Å². The summed E-state index contributed by atoms with van der Waals surface area (Å²) in [6.45, 7) is 2.08. The van der Waals surface area contributed by atoms with E-state index in [0.29, 0.717) is 22.1 Å². The maximum atomic E-state index is 11.9. The van der Waals surface area contributed by atoms with Crippen LogP contribution in [0.25, 0.3) is 6.08 Å². The molecule has 0 heterocycles. The van der Waals surface area contributed by atoms with E-state index in [2.05, 4.69) is 12.2 Å². The van der Waals surface area contributed by atoms with Crippen LogP contribution in [0.4, 0.5) is 0 Å². The predicted molar refractivity (Wildman–Crippen MR) is 73.2 cm³/mol. The number of hydrogen-bond donors (Lipinski definition) is 2. The van der Waals surface area contributed by atoms with E-state index in [1.54, 1.807) is 18.2 Å². The number of nitrogens with one attached hydrogen (secondary N) is 1. The van der Waals surface area contributed by atoms with Gasteiger partial charge in [-0.15, -0.1) is 0 Å². The second-order valence-electron chi connectivity index (χ2n) is 4.70. The molecule has 0 aliphatic heterocycles. The number of carboxylic acid groups (broad SMARTS) is 1. The van der Waals surface area contributed by atoms with Crippen molar-refractivity contribution in [2.24, 2.45) is 5.92 Å². The Morgan fingerprint density at radius 2 is 2.16 bits per heavy atom. The first-order valence-electron chi connectivity index (χ1n) is 5.99. The fraction of sp³-hybridized carbons (Fsp3) is 0.286. The van der Waals surface area contributed by atoms with Crippen molar-refractivity contribution >= 4 is 29.6 Å². The Bertz CT molecular complexity index is 554. The molecule has 1 amide bonds. The van der Waals surface area contributed by atoms with Crippen molar-refractivity contribution in [3.8, 4) is 0 Å². The number of halogens is 1. The number of hydrogen-bond acceptors (Lipinski definition) is 2. The Hall–Kier alpha value is -1.81. The molecule has 5 heteroatoms. The van der Waals surface area contributed by atoms with Gasteiger partial charge in [0, 0.05) is 22.7 Å². The zero-order valence-electron chi connectivity index (χ0n) is 10.4. The average molecular weight is 280 g/mol. The van der Waals surface area contributed by atoms with E-state index in [1.165, 1.54) is 6.08 Å². The fourth-order valence-electron chi connectivity index (χ4n) is 1.74. The summed E-state index contributed by atoms with van der Waals surface area (Å²) in [5.41, 5.74) is 1.05. The molecule has 2 atom stereocenters. The molecule has 1 fully saturated rings. The van der Waals surface area contributed by atoms with Gasteiger partial charge in [0.25, 0.3) is 5.91 Å². The first-order chi connectivity index (χ1) is 8.97. The van der Waals surface area contributed by atoms with Crippen LogP contribution in [0.2, 0.25) is 5.02 Å². The smallest absolute Gasteiger partial charge is 0.328 e. The third-order valence-electron chi connectivity index (χ3n) is 3.09. The molecule has 19 heavy (non-hydrogen) atoms. The van der Waals surface area contributed by atoms with Crippen molar-refractivity contribution in [2.75, 3.05) is 0 Å². The van der Waals surface area contributed by atoms with Gasteiger partial charge >= 0.3 is 5.97 Å². The average Bonchev–Trinajstić information content (AvgIpc) is 3.03. The van der Waals surface area contributed by atoms with Gasteiger partial charge in [-0.1, -0.05) is 24.6 Å². The first-order valence-corrected chi connectivity index (χ1v) is 6.36. The number of carbonyl (C=O) groups is 2. The minimum absolute atomic E-state index is 0.148. The van der Waals surface area contributed by atoms with Crippen LogP contribution in [-0.2, 0) is 4.79 Å². The van der Waals surface area contributed by atoms with Crippen LogP contribution in [0.15, 0.2) is 24.3 Å². The largest absolute Gasteiger partial charge is 0.478 e. The van der Waals surface area contributed by atoms with Gasteiger partial charge in [-0.2, -0.15) is 0 Å². The molecule has 2 N–H and O–H groups in total. The van der Waals surface area contributed by atoms with Crippen LogP contribution < -0.4 is 5.32 Å². The van der Waals surface area contributed by atoms with Crippen LogP contribution in [0.5, 0.6) is 0 Å². The van der Waals surface area contributed by atoms with Crippen LogP contribution >= 0.6 is 11.6 Å². The van der Waals surface area contributed by atoms with Crippen molar-refractivity contribution in [2.45, 2.75) is 19.4 Å². The molecule has 2 rings (SSSR count). The quantitative estimate of drug-likeness (QED) is 0.833. The van der Waals surface area contributed by atoms with Crippen LogP contribution in [0.1, 0.15) is 29.3 Å². The van der Waals surface area contributed by atoms with Crippen LogP contribution in [0.3, 0.4) is 0 Å². The van der Waals surface area contributed by atoms with Crippen LogP contribution in [-0.4, -0.2) is 23.0 Å². The lowest BCUT2D eigenvalue weighted by molar-refractivity contribution is -0.131. The highest BCUT2D eigenvalue weighted by molar-refractivity contribution is 6.32. The zero-order valence-corrected chi connectivity index (χ0v) is 11.1. The molecule has 1 aromatic rings. The maximum Gasteiger partial charge on any atom is 0.328 e. The van der Waals surface area contributed by atoms with Crippen molar-refractivity contribution in [3.05, 3.63) is 40.4 Å². The van der Waals surface area contributed by atoms with E-state index >= 15 is 0 Å². The van der Waals surface area contributed by atoms with E-state index in [4.69, 9.17) is 16.7 Å². The molecule has 1 saturated carbocycles. The number of amides is 1. The molecule has 0 saturated heterocycles. The SMILES string of the molecule is CC1CC1NC(=O)c1ccc(/C=C/C(=O)O)c(Cl)c1. The van der Waals surface area contributed by atoms with E-state index in [-0.39, 0.29) is 11.9 Å². The number of rotatable bonds is 4. The van der Waals surface area contributed by atoms with E-state index in [0.717, 1.165) is 12.5 Å². The summed E-state index contributed by atoms with van der Waals surface area (Å²) in [4.78, 5) is 22.3. The Morgan fingerprint density at radius 1 is 1.47 bits per heavy atom. The summed E-state index contributed by atoms with van der Waals surface area (Å²) >= 11 is 6.01. The van der Waals surface area contributed by atoms with Gasteiger partial charge in [0.15, 0.2) is 0 Å². The molecule has 0 radical (unpaired) electrons. The summed E-state index contributed by atoms with van der Waals surface area (Å²) in [6, 6.07) is 5.08. The Labute approximate surface area is 116 Å². The summed E-state index contributed by atoms with van der Waals surface area (Å²) < 4.78 is 0. The molecular weight excluding hydrogens is 266 g/mol. The van der Waals surface area contributed by atoms with E-state index in [1.807, 2.05) is 0 Å². The Kier molecular flexibility index (Phi) is 3.90. The highest BCUT2D eigenvalue weighted by Gasteiger charge is 2.33. The van der Waals surface area contributed by atoms with Crippen LogP contribution in [0, 0.1) is 5.92 Å². The lowest BCUT2D eigenvalue weighted by Gasteiger charge is -2.05. The van der Waals surface area contributed by atoms with Gasteiger partial charge in [-0.3, -0.25) is 4.79 Å². The molecule has 1 aliphatic rings. The van der Waals surface area contributed by atoms with Crippen molar-refractivity contribution < 1.29 is 14.7 Å². The molecule has 1 aliphatic carbocycles. The second kappa shape index (κ2) is 5.45. The third kappa shape index (κ3) is 3.58. The first kappa shape index (κ1) is 13.6. The normalized spacial score (nSPS) is 21.4. The van der Waals surface area contributed by atoms with Crippen molar-refractivity contribution in [1.29, 1.82) is 0 Å². The number of carboxylic acids is 1. The number of benzene rings is 1. The second-order valence-corrected chi connectivity index (χ2v) is 5.11. The fourth-order valence-corrected chi connectivity index (χ4v) is 1.98. The van der Waals surface area contributed by atoms with Gasteiger partial charge in [-0.25, -0.2) is 4.79 Å². The zero-order chi connectivity index (χ0) is 14.0. The van der Waals surface area contributed by atoms with Gasteiger partial charge in [0.05, 0.1) is 0 Å². The Balaban J connectivity index is 2.09. The van der Waals surface area contributed by atoms with Crippen molar-refractivity contribution in [3.63, 3.8) is 0 Å². The number of aliphatic carboxylic acids is 1. The lowest BCUT2D eigenvalue weighted by Crippen LogP contribution is -2.26. The predicted octanol–water partition coefficient (Wildman–Crippen LogP) is 2.58. The Morgan fingerprint density at radius 3 is 2.68 bits per heavy atom. The van der Waals surface area contributed by atoms with Gasteiger partial charge in [0.2, 0.25) is 0 Å². The third-order valence-corrected chi connectivity index (χ3v) is 3.42. The molecule has 2 unspecified atom stereocenters.